The van der Waals surface area contributed by atoms with E-state index in [0.717, 1.165) is 19.3 Å². The summed E-state index contributed by atoms with van der Waals surface area (Å²) in [4.78, 5) is 13.2. The molecule has 0 aromatic heterocycles. The predicted octanol–water partition coefficient (Wildman–Crippen LogP) is 1.23. The Morgan fingerprint density at radius 2 is 2.33 bits per heavy atom. The van der Waals surface area contributed by atoms with Crippen molar-refractivity contribution >= 4 is 5.91 Å². The number of rotatable bonds is 2. The molecule has 0 aromatic rings. The molecule has 2 aliphatic rings. The maximum Gasteiger partial charge on any atom is 0.252 e. The van der Waals surface area contributed by atoms with Crippen molar-refractivity contribution in [1.29, 1.82) is 0 Å². The summed E-state index contributed by atoms with van der Waals surface area (Å²) in [5.41, 5.74) is 0. The third-order valence-electron chi connectivity index (χ3n) is 3.27. The van der Waals surface area contributed by atoms with Gasteiger partial charge in [-0.2, -0.15) is 0 Å². The number of amides is 1. The second kappa shape index (κ2) is 4.31. The van der Waals surface area contributed by atoms with Crippen molar-refractivity contribution in [3.8, 4) is 0 Å². The fourth-order valence-electron chi connectivity index (χ4n) is 2.04. The molecule has 0 unspecified atom stereocenters. The molecule has 3 nitrogen and oxygen atoms in total. The minimum Gasteiger partial charge on any atom is -0.383 e. The van der Waals surface area contributed by atoms with Gasteiger partial charge >= 0.3 is 0 Å². The van der Waals surface area contributed by atoms with E-state index in [0.29, 0.717) is 13.0 Å². The molecule has 1 amide bonds. The molecule has 0 aromatic carbocycles. The third kappa shape index (κ3) is 2.20. The lowest BCUT2D eigenvalue weighted by atomic mass is 9.80. The summed E-state index contributed by atoms with van der Waals surface area (Å²) >= 11 is 0. The average molecular weight is 213 g/mol. The van der Waals surface area contributed by atoms with Gasteiger partial charge in [0.15, 0.2) is 0 Å². The molecular weight excluding hydrogens is 197 g/mol. The Kier molecular flexibility index (Phi) is 3.05. The van der Waals surface area contributed by atoms with Gasteiger partial charge < -0.3 is 10.0 Å². The monoisotopic (exact) mass is 213 g/mol. The Bertz CT molecular complexity index is 286. The van der Waals surface area contributed by atoms with Gasteiger partial charge in [-0.05, 0) is 31.3 Å². The van der Waals surface area contributed by atoms with E-state index >= 15 is 0 Å². The van der Waals surface area contributed by atoms with Crippen molar-refractivity contribution in [1.82, 2.24) is 4.90 Å². The zero-order chi connectivity index (χ0) is 10.8. The van der Waals surface area contributed by atoms with Crippen LogP contribution >= 0.6 is 0 Å². The Hall–Kier alpha value is -0.900. The van der Waals surface area contributed by atoms with Crippen LogP contribution in [-0.2, 0) is 4.79 Å². The molecule has 84 valence electrons. The van der Waals surface area contributed by atoms with Gasteiger partial charge in [-0.1, -0.05) is 6.42 Å². The average Bonchev–Trinajstić information content (AvgIpc) is 2.14. The van der Waals surface area contributed by atoms with Crippen molar-refractivity contribution in [2.24, 2.45) is 5.92 Å². The lowest BCUT2D eigenvalue weighted by Crippen LogP contribution is -2.46. The Morgan fingerprint density at radius 1 is 1.60 bits per heavy atom. The first kappa shape index (κ1) is 10.6. The van der Waals surface area contributed by atoms with Gasteiger partial charge in [-0.15, -0.1) is 0 Å². The summed E-state index contributed by atoms with van der Waals surface area (Å²) in [6.07, 6.45) is 4.06. The summed E-state index contributed by atoms with van der Waals surface area (Å²) in [7, 11) is 0. The Morgan fingerprint density at radius 3 is 2.87 bits per heavy atom. The summed E-state index contributed by atoms with van der Waals surface area (Å²) in [6.45, 7) is 0.554. The van der Waals surface area contributed by atoms with E-state index in [1.807, 2.05) is 0 Å². The van der Waals surface area contributed by atoms with Gasteiger partial charge in [0.2, 0.25) is 0 Å². The van der Waals surface area contributed by atoms with E-state index in [4.69, 9.17) is 0 Å². The highest BCUT2D eigenvalue weighted by Gasteiger charge is 2.34. The van der Waals surface area contributed by atoms with Crippen LogP contribution < -0.4 is 0 Å². The second-order valence-corrected chi connectivity index (χ2v) is 4.34. The van der Waals surface area contributed by atoms with Crippen LogP contribution in [0.2, 0.25) is 0 Å². The van der Waals surface area contributed by atoms with Crippen molar-refractivity contribution in [3.05, 3.63) is 11.9 Å². The fraction of sp³-hybridized carbons (Fsp3) is 0.727. The Balaban J connectivity index is 1.92. The molecule has 0 spiro atoms. The summed E-state index contributed by atoms with van der Waals surface area (Å²) in [6, 6.07) is 0. The van der Waals surface area contributed by atoms with Crippen molar-refractivity contribution in [3.63, 3.8) is 0 Å². The standard InChI is InChI=1S/C11H16FNO2/c12-9-5-2-6-13(7-9)11(15)10(14)8-3-1-4-8/h5,8,10,14H,1-4,6-7H2/t10-/m1/s1. The zero-order valence-corrected chi connectivity index (χ0v) is 8.66. The van der Waals surface area contributed by atoms with Gasteiger partial charge in [0.1, 0.15) is 11.9 Å². The highest BCUT2D eigenvalue weighted by molar-refractivity contribution is 5.81. The molecule has 1 N–H and O–H groups in total. The van der Waals surface area contributed by atoms with Gasteiger partial charge in [-0.3, -0.25) is 4.79 Å². The van der Waals surface area contributed by atoms with Gasteiger partial charge in [0.25, 0.3) is 5.91 Å². The van der Waals surface area contributed by atoms with Gasteiger partial charge in [-0.25, -0.2) is 4.39 Å². The number of aliphatic hydroxyl groups excluding tert-OH is 1. The van der Waals surface area contributed by atoms with Gasteiger partial charge in [0, 0.05) is 6.54 Å². The molecule has 1 aliphatic carbocycles. The second-order valence-electron chi connectivity index (χ2n) is 4.34. The van der Waals surface area contributed by atoms with E-state index in [1.54, 1.807) is 0 Å². The molecule has 0 saturated heterocycles. The van der Waals surface area contributed by atoms with Crippen LogP contribution in [0.15, 0.2) is 11.9 Å². The largest absolute Gasteiger partial charge is 0.383 e. The first-order valence-electron chi connectivity index (χ1n) is 5.50. The smallest absolute Gasteiger partial charge is 0.252 e. The van der Waals surface area contributed by atoms with Gasteiger partial charge in [0.05, 0.1) is 6.54 Å². The molecule has 4 heteroatoms. The number of halogens is 1. The van der Waals surface area contributed by atoms with Crippen LogP contribution in [-0.4, -0.2) is 35.1 Å². The van der Waals surface area contributed by atoms with E-state index < -0.39 is 6.10 Å². The van der Waals surface area contributed by atoms with Crippen molar-refractivity contribution < 1.29 is 14.3 Å². The summed E-state index contributed by atoms with van der Waals surface area (Å²) in [5, 5.41) is 9.74. The molecule has 0 bridgehead atoms. The van der Waals surface area contributed by atoms with E-state index in [-0.39, 0.29) is 24.2 Å². The lowest BCUT2D eigenvalue weighted by molar-refractivity contribution is -0.144. The zero-order valence-electron chi connectivity index (χ0n) is 8.66. The molecule has 1 saturated carbocycles. The lowest BCUT2D eigenvalue weighted by Gasteiger charge is -2.33. The van der Waals surface area contributed by atoms with Crippen LogP contribution in [0.25, 0.3) is 0 Å². The predicted molar refractivity (Wildman–Crippen MR) is 53.7 cm³/mol. The Labute approximate surface area is 88.6 Å². The maximum atomic E-state index is 12.9. The fourth-order valence-corrected chi connectivity index (χ4v) is 2.04. The molecule has 1 aliphatic heterocycles. The van der Waals surface area contributed by atoms with Crippen LogP contribution in [0.3, 0.4) is 0 Å². The summed E-state index contributed by atoms with van der Waals surface area (Å²) < 4.78 is 12.9. The first-order chi connectivity index (χ1) is 7.18. The van der Waals surface area contributed by atoms with Crippen LogP contribution in [0.4, 0.5) is 4.39 Å². The van der Waals surface area contributed by atoms with Crippen LogP contribution in [0, 0.1) is 5.92 Å². The number of nitrogens with zero attached hydrogens (tertiary/aromatic N) is 1. The molecule has 15 heavy (non-hydrogen) atoms. The molecule has 1 heterocycles. The van der Waals surface area contributed by atoms with Crippen LogP contribution in [0.1, 0.15) is 25.7 Å². The normalized spacial score (nSPS) is 24.4. The quantitative estimate of drug-likeness (QED) is 0.749. The molecular formula is C11H16FNO2. The third-order valence-corrected chi connectivity index (χ3v) is 3.27. The van der Waals surface area contributed by atoms with Crippen molar-refractivity contribution in [2.75, 3.05) is 13.1 Å². The first-order valence-corrected chi connectivity index (χ1v) is 5.50. The minimum absolute atomic E-state index is 0.0304. The topological polar surface area (TPSA) is 40.5 Å². The number of carbonyl (C=O) groups excluding carboxylic acids is 1. The molecule has 1 atom stereocenters. The van der Waals surface area contributed by atoms with E-state index in [1.165, 1.54) is 11.0 Å². The summed E-state index contributed by atoms with van der Waals surface area (Å²) in [5.74, 6) is -0.468. The maximum absolute atomic E-state index is 12.9. The van der Waals surface area contributed by atoms with E-state index in [2.05, 4.69) is 0 Å². The van der Waals surface area contributed by atoms with E-state index in [9.17, 15) is 14.3 Å². The number of hydrogen-bond acceptors (Lipinski definition) is 2. The number of carbonyl (C=O) groups is 1. The SMILES string of the molecule is O=C([C@H](O)C1CCC1)N1CCC=C(F)C1. The van der Waals surface area contributed by atoms with Crippen LogP contribution in [0.5, 0.6) is 0 Å². The minimum atomic E-state index is -0.912. The number of aliphatic hydroxyl groups is 1. The molecule has 2 rings (SSSR count). The number of hydrogen-bond donors (Lipinski definition) is 1. The molecule has 1 fully saturated rings. The highest BCUT2D eigenvalue weighted by Crippen LogP contribution is 2.30. The highest BCUT2D eigenvalue weighted by atomic mass is 19.1. The van der Waals surface area contributed by atoms with Crippen molar-refractivity contribution in [2.45, 2.75) is 31.8 Å². The molecule has 0 radical (unpaired) electrons.